The predicted octanol–water partition coefficient (Wildman–Crippen LogP) is 2.62. The standard InChI is InChI=1S/C14H11F3N4O2/c1-7-18-12-11(13(22)19-7)21(8(2)20-12)9-3-5-10(6-4-9)23-14(15,16)17/h3-6H,1-2H3,(H,18,19,22). The molecule has 23 heavy (non-hydrogen) atoms. The van der Waals surface area contributed by atoms with Crippen molar-refractivity contribution in [2.75, 3.05) is 0 Å². The van der Waals surface area contributed by atoms with E-state index >= 15 is 0 Å². The summed E-state index contributed by atoms with van der Waals surface area (Å²) in [4.78, 5) is 23.1. The number of benzene rings is 1. The van der Waals surface area contributed by atoms with Gasteiger partial charge in [-0.3, -0.25) is 9.36 Å². The van der Waals surface area contributed by atoms with E-state index in [0.29, 0.717) is 17.3 Å². The number of aromatic amines is 1. The first-order chi connectivity index (χ1) is 10.7. The summed E-state index contributed by atoms with van der Waals surface area (Å²) in [5, 5.41) is 0. The lowest BCUT2D eigenvalue weighted by atomic mass is 10.3. The number of alkyl halides is 3. The van der Waals surface area contributed by atoms with E-state index in [0.717, 1.165) is 0 Å². The van der Waals surface area contributed by atoms with Gasteiger partial charge in [-0.15, -0.1) is 13.2 Å². The molecule has 6 nitrogen and oxygen atoms in total. The Kier molecular flexibility index (Phi) is 3.35. The van der Waals surface area contributed by atoms with Crippen LogP contribution in [0.1, 0.15) is 11.6 Å². The highest BCUT2D eigenvalue weighted by molar-refractivity contribution is 5.73. The zero-order chi connectivity index (χ0) is 16.8. The van der Waals surface area contributed by atoms with Gasteiger partial charge in [0.2, 0.25) is 0 Å². The number of fused-ring (bicyclic) bond motifs is 1. The quantitative estimate of drug-likeness (QED) is 0.786. The summed E-state index contributed by atoms with van der Waals surface area (Å²) in [6.45, 7) is 3.31. The van der Waals surface area contributed by atoms with Crippen LogP contribution in [0, 0.1) is 13.8 Å². The van der Waals surface area contributed by atoms with Gasteiger partial charge in [0.05, 0.1) is 0 Å². The average molecular weight is 324 g/mol. The molecule has 0 aliphatic rings. The highest BCUT2D eigenvalue weighted by Gasteiger charge is 2.31. The number of nitrogens with zero attached hydrogens (tertiary/aromatic N) is 3. The van der Waals surface area contributed by atoms with Gasteiger partial charge in [0.15, 0.2) is 11.2 Å². The molecule has 0 unspecified atom stereocenters. The first kappa shape index (κ1) is 15.1. The number of imidazole rings is 1. The second-order valence-electron chi connectivity index (χ2n) is 4.86. The maximum Gasteiger partial charge on any atom is 0.573 e. The molecule has 0 atom stereocenters. The Labute approximate surface area is 127 Å². The number of nitrogens with one attached hydrogen (secondary N) is 1. The second-order valence-corrected chi connectivity index (χ2v) is 4.86. The molecule has 120 valence electrons. The minimum Gasteiger partial charge on any atom is -0.406 e. The average Bonchev–Trinajstić information content (AvgIpc) is 2.74. The molecule has 9 heteroatoms. The Morgan fingerprint density at radius 2 is 1.78 bits per heavy atom. The van der Waals surface area contributed by atoms with Crippen LogP contribution >= 0.6 is 0 Å². The molecule has 3 aromatic rings. The molecule has 2 aromatic heterocycles. The molecule has 3 rings (SSSR count). The van der Waals surface area contributed by atoms with E-state index in [2.05, 4.69) is 19.7 Å². The van der Waals surface area contributed by atoms with Gasteiger partial charge in [0.25, 0.3) is 5.56 Å². The summed E-state index contributed by atoms with van der Waals surface area (Å²) in [6.07, 6.45) is -4.75. The van der Waals surface area contributed by atoms with Gasteiger partial charge in [-0.25, -0.2) is 9.97 Å². The van der Waals surface area contributed by atoms with Crippen molar-refractivity contribution in [3.8, 4) is 11.4 Å². The Bertz CT molecular complexity index is 926. The molecule has 1 N–H and O–H groups in total. The van der Waals surface area contributed by atoms with Crippen molar-refractivity contribution in [3.63, 3.8) is 0 Å². The third-order valence-corrected chi connectivity index (χ3v) is 3.14. The molecule has 0 spiro atoms. The van der Waals surface area contributed by atoms with Gasteiger partial charge in [-0.05, 0) is 38.1 Å². The third-order valence-electron chi connectivity index (χ3n) is 3.14. The number of aryl methyl sites for hydroxylation is 2. The number of ether oxygens (including phenoxy) is 1. The largest absolute Gasteiger partial charge is 0.573 e. The first-order valence-corrected chi connectivity index (χ1v) is 6.57. The summed E-state index contributed by atoms with van der Waals surface area (Å²) in [7, 11) is 0. The van der Waals surface area contributed by atoms with Crippen molar-refractivity contribution < 1.29 is 17.9 Å². The van der Waals surface area contributed by atoms with Gasteiger partial charge in [0, 0.05) is 5.69 Å². The number of H-pyrrole nitrogens is 1. The molecule has 0 aliphatic heterocycles. The van der Waals surface area contributed by atoms with Crippen LogP contribution in [0.3, 0.4) is 0 Å². The van der Waals surface area contributed by atoms with Crippen molar-refractivity contribution in [2.24, 2.45) is 0 Å². The van der Waals surface area contributed by atoms with Gasteiger partial charge in [-0.2, -0.15) is 0 Å². The molecule has 0 saturated carbocycles. The van der Waals surface area contributed by atoms with E-state index in [1.165, 1.54) is 28.8 Å². The van der Waals surface area contributed by atoms with Crippen molar-refractivity contribution in [1.29, 1.82) is 0 Å². The molecule has 0 fully saturated rings. The van der Waals surface area contributed by atoms with Crippen LogP contribution in [-0.4, -0.2) is 25.9 Å². The van der Waals surface area contributed by atoms with Gasteiger partial charge >= 0.3 is 6.36 Å². The maximum absolute atomic E-state index is 12.2. The van der Waals surface area contributed by atoms with E-state index in [1.807, 2.05) is 0 Å². The number of halogens is 3. The lowest BCUT2D eigenvalue weighted by Gasteiger charge is -2.10. The molecule has 0 bridgehead atoms. The molecule has 0 saturated heterocycles. The molecule has 2 heterocycles. The number of rotatable bonds is 2. The Morgan fingerprint density at radius 1 is 1.13 bits per heavy atom. The lowest BCUT2D eigenvalue weighted by Crippen LogP contribution is -2.17. The maximum atomic E-state index is 12.2. The first-order valence-electron chi connectivity index (χ1n) is 6.57. The van der Waals surface area contributed by atoms with E-state index < -0.39 is 6.36 Å². The summed E-state index contributed by atoms with van der Waals surface area (Å²) < 4.78 is 41.9. The van der Waals surface area contributed by atoms with Gasteiger partial charge in [0.1, 0.15) is 17.4 Å². The summed E-state index contributed by atoms with van der Waals surface area (Å²) in [5.74, 6) is 0.584. The van der Waals surface area contributed by atoms with E-state index in [4.69, 9.17) is 0 Å². The van der Waals surface area contributed by atoms with Crippen LogP contribution in [-0.2, 0) is 0 Å². The lowest BCUT2D eigenvalue weighted by molar-refractivity contribution is -0.274. The molecular formula is C14H11F3N4O2. The highest BCUT2D eigenvalue weighted by Crippen LogP contribution is 2.25. The number of aromatic nitrogens is 4. The highest BCUT2D eigenvalue weighted by atomic mass is 19.4. The van der Waals surface area contributed by atoms with Gasteiger partial charge in [-0.1, -0.05) is 0 Å². The summed E-state index contributed by atoms with van der Waals surface area (Å²) >= 11 is 0. The zero-order valence-electron chi connectivity index (χ0n) is 12.1. The van der Waals surface area contributed by atoms with Crippen molar-refractivity contribution >= 4 is 11.2 Å². The Hall–Kier alpha value is -2.84. The SMILES string of the molecule is Cc1nc2nc(C)n(-c3ccc(OC(F)(F)F)cc3)c2c(=O)[nH]1. The molecule has 0 amide bonds. The minimum absolute atomic E-state index is 0.234. The number of hydrogen-bond donors (Lipinski definition) is 1. The smallest absolute Gasteiger partial charge is 0.406 e. The fourth-order valence-corrected chi connectivity index (χ4v) is 2.32. The summed E-state index contributed by atoms with van der Waals surface area (Å²) in [6, 6.07) is 5.16. The van der Waals surface area contributed by atoms with Crippen molar-refractivity contribution in [2.45, 2.75) is 20.2 Å². The predicted molar refractivity (Wildman–Crippen MR) is 75.6 cm³/mol. The molecule has 0 radical (unpaired) electrons. The summed E-state index contributed by atoms with van der Waals surface area (Å²) in [5.41, 5.74) is 0.622. The topological polar surface area (TPSA) is 72.8 Å². The van der Waals surface area contributed by atoms with Crippen LogP contribution < -0.4 is 10.3 Å². The van der Waals surface area contributed by atoms with E-state index in [9.17, 15) is 18.0 Å². The third kappa shape index (κ3) is 2.89. The van der Waals surface area contributed by atoms with Crippen molar-refractivity contribution in [3.05, 3.63) is 46.3 Å². The zero-order valence-corrected chi connectivity index (χ0v) is 12.1. The van der Waals surface area contributed by atoms with Gasteiger partial charge < -0.3 is 9.72 Å². The van der Waals surface area contributed by atoms with Crippen LogP contribution in [0.2, 0.25) is 0 Å². The van der Waals surface area contributed by atoms with Crippen LogP contribution in [0.5, 0.6) is 5.75 Å². The van der Waals surface area contributed by atoms with E-state index in [-0.39, 0.29) is 22.5 Å². The monoisotopic (exact) mass is 324 g/mol. The molecule has 0 aliphatic carbocycles. The minimum atomic E-state index is -4.75. The second kappa shape index (κ2) is 5.11. The fourth-order valence-electron chi connectivity index (χ4n) is 2.32. The molecular weight excluding hydrogens is 313 g/mol. The fraction of sp³-hybridized carbons (Fsp3) is 0.214. The number of hydrogen-bond acceptors (Lipinski definition) is 4. The van der Waals surface area contributed by atoms with E-state index in [1.54, 1.807) is 13.8 Å². The van der Waals surface area contributed by atoms with Crippen molar-refractivity contribution in [1.82, 2.24) is 19.5 Å². The normalized spacial score (nSPS) is 11.9. The van der Waals surface area contributed by atoms with Crippen LogP contribution in [0.15, 0.2) is 29.1 Å². The van der Waals surface area contributed by atoms with Crippen LogP contribution in [0.25, 0.3) is 16.9 Å². The Morgan fingerprint density at radius 3 is 2.39 bits per heavy atom. The molecule has 1 aromatic carbocycles. The Balaban J connectivity index is 2.10. The van der Waals surface area contributed by atoms with Crippen LogP contribution in [0.4, 0.5) is 13.2 Å².